The summed E-state index contributed by atoms with van der Waals surface area (Å²) >= 11 is 12.1. The van der Waals surface area contributed by atoms with Crippen LogP contribution in [0.1, 0.15) is 41.2 Å². The molecule has 0 spiro atoms. The molecule has 1 atom stereocenters. The number of benzene rings is 2. The Hall–Kier alpha value is -2.37. The average Bonchev–Trinajstić information content (AvgIpc) is 3.21. The van der Waals surface area contributed by atoms with Crippen molar-refractivity contribution < 1.29 is 26.4 Å². The Kier molecular flexibility index (Phi) is 6.82. The third-order valence-electron chi connectivity index (χ3n) is 6.22. The number of epoxide rings is 1. The first-order valence-corrected chi connectivity index (χ1v) is 15.6. The molecular formula is C25H26Cl2N2O6S2. The number of ether oxygens (including phenoxy) is 1. The van der Waals surface area contributed by atoms with Crippen molar-refractivity contribution in [2.24, 2.45) is 0 Å². The zero-order valence-electron chi connectivity index (χ0n) is 21.1. The summed E-state index contributed by atoms with van der Waals surface area (Å²) in [6.07, 6.45) is 2.27. The van der Waals surface area contributed by atoms with Gasteiger partial charge in [-0.2, -0.15) is 0 Å². The van der Waals surface area contributed by atoms with E-state index >= 15 is 0 Å². The quantitative estimate of drug-likeness (QED) is 0.239. The number of fused-ring (bicyclic) bond motifs is 2. The van der Waals surface area contributed by atoms with Crippen LogP contribution in [0.4, 0.5) is 0 Å². The minimum Gasteiger partial charge on any atom is -0.363 e. The maximum absolute atomic E-state index is 12.1. The second kappa shape index (κ2) is 9.13. The van der Waals surface area contributed by atoms with E-state index in [-0.39, 0.29) is 11.5 Å². The topological polar surface area (TPSA) is 108 Å². The number of aromatic nitrogens is 2. The van der Waals surface area contributed by atoms with E-state index in [9.17, 15) is 21.6 Å². The highest BCUT2D eigenvalue weighted by Crippen LogP contribution is 2.42. The number of ketones is 1. The predicted molar refractivity (Wildman–Crippen MR) is 147 cm³/mol. The Balaban J connectivity index is 0.000000173. The molecule has 0 radical (unpaired) electrons. The van der Waals surface area contributed by atoms with Crippen molar-refractivity contribution in [2.75, 3.05) is 19.1 Å². The van der Waals surface area contributed by atoms with E-state index in [0.717, 1.165) is 26.7 Å². The molecule has 1 fully saturated rings. The molecule has 4 aromatic rings. The summed E-state index contributed by atoms with van der Waals surface area (Å²) < 4.78 is 55.6. The number of carbonyl (C=O) groups excluding carboxylic acids is 1. The molecule has 198 valence electrons. The van der Waals surface area contributed by atoms with Gasteiger partial charge in [0.25, 0.3) is 0 Å². The van der Waals surface area contributed by atoms with Gasteiger partial charge in [-0.1, -0.05) is 23.2 Å². The van der Waals surface area contributed by atoms with Crippen molar-refractivity contribution in [1.29, 1.82) is 0 Å². The molecule has 1 aliphatic rings. The largest absolute Gasteiger partial charge is 0.363 e. The summed E-state index contributed by atoms with van der Waals surface area (Å²) in [5.41, 5.74) is 3.04. The van der Waals surface area contributed by atoms with Crippen LogP contribution in [0.5, 0.6) is 0 Å². The summed E-state index contributed by atoms with van der Waals surface area (Å²) in [6.45, 7) is 7.40. The molecule has 1 unspecified atom stereocenters. The summed E-state index contributed by atoms with van der Waals surface area (Å²) in [4.78, 5) is 11.5. The molecule has 0 N–H and O–H groups in total. The highest BCUT2D eigenvalue weighted by Gasteiger charge is 2.45. The van der Waals surface area contributed by atoms with Gasteiger partial charge in [0, 0.05) is 27.7 Å². The molecule has 0 saturated carbocycles. The lowest BCUT2D eigenvalue weighted by atomic mass is 10.1. The van der Waals surface area contributed by atoms with Crippen LogP contribution in [0.15, 0.2) is 36.4 Å². The van der Waals surface area contributed by atoms with Gasteiger partial charge in [-0.15, -0.1) is 0 Å². The second-order valence-corrected chi connectivity index (χ2v) is 14.0. The number of Topliss-reactive ketones (excluding diaryl/α,β-unsaturated/α-hetero) is 1. The van der Waals surface area contributed by atoms with Crippen LogP contribution >= 0.6 is 23.2 Å². The maximum atomic E-state index is 12.1. The number of hydrogen-bond donors (Lipinski definition) is 0. The van der Waals surface area contributed by atoms with Gasteiger partial charge >= 0.3 is 0 Å². The van der Waals surface area contributed by atoms with Crippen LogP contribution in [0, 0.1) is 13.8 Å². The Morgan fingerprint density at radius 1 is 0.838 bits per heavy atom. The van der Waals surface area contributed by atoms with E-state index in [1.165, 1.54) is 17.2 Å². The molecule has 1 saturated heterocycles. The molecule has 2 aromatic heterocycles. The van der Waals surface area contributed by atoms with Gasteiger partial charge in [0.1, 0.15) is 11.3 Å². The summed E-state index contributed by atoms with van der Waals surface area (Å²) in [6, 6.07) is 10.3. The van der Waals surface area contributed by atoms with E-state index in [1.54, 1.807) is 37.3 Å². The molecule has 0 aliphatic carbocycles. The molecule has 2 aromatic carbocycles. The lowest BCUT2D eigenvalue weighted by Crippen LogP contribution is -2.18. The van der Waals surface area contributed by atoms with E-state index < -0.39 is 25.6 Å². The van der Waals surface area contributed by atoms with Gasteiger partial charge in [0.2, 0.25) is 20.0 Å². The summed E-state index contributed by atoms with van der Waals surface area (Å²) in [5, 5.41) is 2.63. The van der Waals surface area contributed by atoms with Crippen LogP contribution in [0.3, 0.4) is 0 Å². The second-order valence-electron chi connectivity index (χ2n) is 9.51. The van der Waals surface area contributed by atoms with Gasteiger partial charge in [-0.25, -0.2) is 24.8 Å². The third-order valence-corrected chi connectivity index (χ3v) is 9.15. The number of aryl methyl sites for hydroxylation is 2. The van der Waals surface area contributed by atoms with Crippen LogP contribution in [0.25, 0.3) is 21.8 Å². The van der Waals surface area contributed by atoms with E-state index in [4.69, 9.17) is 27.9 Å². The normalized spacial score (nSPS) is 17.6. The molecule has 37 heavy (non-hydrogen) atoms. The fraction of sp³-hybridized carbons (Fsp3) is 0.320. The lowest BCUT2D eigenvalue weighted by molar-refractivity contribution is 0.101. The molecule has 1 aliphatic heterocycles. The van der Waals surface area contributed by atoms with Gasteiger partial charge in [-0.05, 0) is 68.3 Å². The first kappa shape index (κ1) is 27.7. The Morgan fingerprint density at radius 2 is 1.27 bits per heavy atom. The first-order valence-electron chi connectivity index (χ1n) is 11.1. The minimum absolute atomic E-state index is 0.147. The van der Waals surface area contributed by atoms with Crippen molar-refractivity contribution in [3.05, 3.63) is 69.0 Å². The highest BCUT2D eigenvalue weighted by atomic mass is 35.5. The molecule has 5 rings (SSSR count). The third kappa shape index (κ3) is 5.18. The number of rotatable bonds is 4. The van der Waals surface area contributed by atoms with Crippen LogP contribution in [-0.2, 0) is 30.4 Å². The summed E-state index contributed by atoms with van der Waals surface area (Å²) in [7, 11) is -6.93. The van der Waals surface area contributed by atoms with Crippen molar-refractivity contribution in [1.82, 2.24) is 7.94 Å². The van der Waals surface area contributed by atoms with Gasteiger partial charge in [0.05, 0.1) is 35.8 Å². The van der Waals surface area contributed by atoms with E-state index in [1.807, 2.05) is 19.9 Å². The van der Waals surface area contributed by atoms with Gasteiger partial charge in [0.15, 0.2) is 5.78 Å². The van der Waals surface area contributed by atoms with Gasteiger partial charge < -0.3 is 4.74 Å². The maximum Gasteiger partial charge on any atom is 0.236 e. The Morgan fingerprint density at radius 3 is 1.68 bits per heavy atom. The molecule has 8 nitrogen and oxygen atoms in total. The molecule has 0 bridgehead atoms. The van der Waals surface area contributed by atoms with E-state index in [2.05, 4.69) is 0 Å². The van der Waals surface area contributed by atoms with Crippen LogP contribution < -0.4 is 0 Å². The highest BCUT2D eigenvalue weighted by molar-refractivity contribution is 7.89. The minimum atomic E-state index is -3.54. The summed E-state index contributed by atoms with van der Waals surface area (Å²) in [5.74, 6) is -0.301. The fourth-order valence-corrected chi connectivity index (χ4v) is 6.72. The van der Waals surface area contributed by atoms with E-state index in [0.29, 0.717) is 38.8 Å². The standard InChI is InChI=1S/C13H14ClNO3S.C12H12ClNO3S/c1-8-4-11-9(5-10(8)14)6-12(13(2)7-18-13)15(11)19(3,16)17;1-7-4-12-9(5-10(7)13)6-11(8(2)15)14(12)18(3,16)17/h4-6H,7H2,1-3H3;4-6H,1-3H3. The van der Waals surface area contributed by atoms with Crippen molar-refractivity contribution in [3.8, 4) is 0 Å². The molecule has 3 heterocycles. The van der Waals surface area contributed by atoms with Crippen molar-refractivity contribution in [3.63, 3.8) is 0 Å². The van der Waals surface area contributed by atoms with Crippen molar-refractivity contribution >= 4 is 70.8 Å². The lowest BCUT2D eigenvalue weighted by Gasteiger charge is -2.11. The molecule has 12 heteroatoms. The number of carbonyl (C=O) groups is 1. The fourth-order valence-electron chi connectivity index (χ4n) is 4.20. The SMILES string of the molecule is CC(=O)c1cc2cc(Cl)c(C)cc2n1S(C)(=O)=O.Cc1cc2c(cc1Cl)cc(C1(C)CO1)n2S(C)(=O)=O. The number of halogens is 2. The predicted octanol–water partition coefficient (Wildman–Crippen LogP) is 5.27. The van der Waals surface area contributed by atoms with Gasteiger partial charge in [-0.3, -0.25) is 4.79 Å². The monoisotopic (exact) mass is 584 g/mol. The zero-order chi connectivity index (χ0) is 27.7. The Labute approximate surface area is 225 Å². The number of nitrogens with zero attached hydrogens (tertiary/aromatic N) is 2. The smallest absolute Gasteiger partial charge is 0.236 e. The van der Waals surface area contributed by atoms with Crippen LogP contribution in [0.2, 0.25) is 10.0 Å². The Bertz CT molecular complexity index is 1810. The molecule has 0 amide bonds. The first-order chi connectivity index (χ1) is 16.9. The zero-order valence-corrected chi connectivity index (χ0v) is 24.2. The average molecular weight is 586 g/mol. The van der Waals surface area contributed by atoms with Crippen molar-refractivity contribution in [2.45, 2.75) is 33.3 Å². The molecular weight excluding hydrogens is 559 g/mol. The number of hydrogen-bond acceptors (Lipinski definition) is 6. The van der Waals surface area contributed by atoms with Crippen LogP contribution in [-0.4, -0.2) is 49.7 Å².